The molecule has 114 valence electrons. The lowest BCUT2D eigenvalue weighted by Crippen LogP contribution is -2.17. The summed E-state index contributed by atoms with van der Waals surface area (Å²) >= 11 is 1.87. The first-order valence-electron chi connectivity index (χ1n) is 7.95. The summed E-state index contributed by atoms with van der Waals surface area (Å²) in [7, 11) is 0. The molecule has 0 bridgehead atoms. The fourth-order valence-corrected chi connectivity index (χ4v) is 3.10. The van der Waals surface area contributed by atoms with E-state index in [1.165, 1.54) is 64.2 Å². The van der Waals surface area contributed by atoms with Crippen molar-refractivity contribution in [3.05, 3.63) is 0 Å². The second kappa shape index (κ2) is 12.8. The molecule has 0 aliphatic carbocycles. The first-order chi connectivity index (χ1) is 9.12. The van der Waals surface area contributed by atoms with Gasteiger partial charge in [-0.3, -0.25) is 0 Å². The second-order valence-electron chi connectivity index (χ2n) is 5.88. The van der Waals surface area contributed by atoms with Crippen LogP contribution >= 0.6 is 11.8 Å². The van der Waals surface area contributed by atoms with E-state index in [0.717, 1.165) is 5.75 Å². The Morgan fingerprint density at radius 1 is 0.895 bits per heavy atom. The quantitative estimate of drug-likeness (QED) is 0.198. The summed E-state index contributed by atoms with van der Waals surface area (Å²) < 4.78 is -0.0337. The molecule has 0 saturated heterocycles. The summed E-state index contributed by atoms with van der Waals surface area (Å²) in [5.41, 5.74) is 0. The molecule has 0 aliphatic rings. The first-order valence-corrected chi connectivity index (χ1v) is 8.93. The van der Waals surface area contributed by atoms with Crippen LogP contribution in [0.15, 0.2) is 5.16 Å². The van der Waals surface area contributed by atoms with E-state index in [9.17, 15) is 0 Å². The third-order valence-electron chi connectivity index (χ3n) is 3.34. The average Bonchev–Trinajstić information content (AvgIpc) is 2.36. The minimum atomic E-state index is -0.0337. The predicted octanol–water partition coefficient (Wildman–Crippen LogP) is 5.88. The zero-order chi connectivity index (χ0) is 14.4. The molecule has 0 aromatic rings. The van der Waals surface area contributed by atoms with E-state index < -0.39 is 0 Å². The molecular formula is C16H33NOS. The standard InChI is InChI=1S/C16H33NOS/c1-4-5-6-7-8-9-10-11-12-13-14-19-16(2,3)15-17-18/h15,18H,4-14H2,1-3H3/b17-15+. The molecule has 0 aromatic carbocycles. The van der Waals surface area contributed by atoms with Gasteiger partial charge in [-0.15, -0.1) is 16.9 Å². The second-order valence-corrected chi connectivity index (χ2v) is 7.63. The number of hydrogen-bond acceptors (Lipinski definition) is 3. The van der Waals surface area contributed by atoms with Crippen LogP contribution in [0.4, 0.5) is 0 Å². The molecule has 2 nitrogen and oxygen atoms in total. The van der Waals surface area contributed by atoms with Crippen molar-refractivity contribution in [3.8, 4) is 0 Å². The van der Waals surface area contributed by atoms with Gasteiger partial charge in [0.25, 0.3) is 0 Å². The van der Waals surface area contributed by atoms with E-state index in [4.69, 9.17) is 5.21 Å². The maximum absolute atomic E-state index is 8.54. The van der Waals surface area contributed by atoms with Gasteiger partial charge in [-0.2, -0.15) is 0 Å². The topological polar surface area (TPSA) is 32.6 Å². The average molecular weight is 288 g/mol. The molecule has 19 heavy (non-hydrogen) atoms. The van der Waals surface area contributed by atoms with Crippen molar-refractivity contribution < 1.29 is 5.21 Å². The van der Waals surface area contributed by atoms with Gasteiger partial charge in [-0.25, -0.2) is 0 Å². The Morgan fingerprint density at radius 3 is 1.84 bits per heavy atom. The van der Waals surface area contributed by atoms with Crippen molar-refractivity contribution >= 4 is 18.0 Å². The summed E-state index contributed by atoms with van der Waals surface area (Å²) in [6.45, 7) is 6.45. The highest BCUT2D eigenvalue weighted by Crippen LogP contribution is 2.23. The fraction of sp³-hybridized carbons (Fsp3) is 0.938. The molecule has 0 rings (SSSR count). The molecule has 3 heteroatoms. The monoisotopic (exact) mass is 287 g/mol. The Bertz CT molecular complexity index is 217. The SMILES string of the molecule is CCCCCCCCCCCCSC(C)(C)/C=N/O. The number of unbranched alkanes of at least 4 members (excludes halogenated alkanes) is 9. The maximum Gasteiger partial charge on any atom is 0.0591 e. The number of thioether (sulfide) groups is 1. The zero-order valence-corrected chi connectivity index (χ0v) is 14.0. The van der Waals surface area contributed by atoms with Crippen LogP contribution in [-0.2, 0) is 0 Å². The summed E-state index contributed by atoms with van der Waals surface area (Å²) in [5, 5.41) is 11.7. The van der Waals surface area contributed by atoms with E-state index >= 15 is 0 Å². The van der Waals surface area contributed by atoms with E-state index in [0.29, 0.717) is 0 Å². The van der Waals surface area contributed by atoms with Crippen molar-refractivity contribution in [1.82, 2.24) is 0 Å². The van der Waals surface area contributed by atoms with Crippen LogP contribution in [0.3, 0.4) is 0 Å². The van der Waals surface area contributed by atoms with Crippen molar-refractivity contribution in [2.24, 2.45) is 5.16 Å². The normalized spacial score (nSPS) is 12.4. The van der Waals surface area contributed by atoms with Crippen LogP contribution in [0.25, 0.3) is 0 Å². The molecule has 0 unspecified atom stereocenters. The minimum absolute atomic E-state index is 0.0337. The number of nitrogens with zero attached hydrogens (tertiary/aromatic N) is 1. The largest absolute Gasteiger partial charge is 0.411 e. The van der Waals surface area contributed by atoms with Crippen LogP contribution in [0, 0.1) is 0 Å². The minimum Gasteiger partial charge on any atom is -0.411 e. The number of rotatable bonds is 13. The van der Waals surface area contributed by atoms with E-state index in [-0.39, 0.29) is 4.75 Å². The van der Waals surface area contributed by atoms with Gasteiger partial charge < -0.3 is 5.21 Å². The maximum atomic E-state index is 8.54. The van der Waals surface area contributed by atoms with Gasteiger partial charge in [0, 0.05) is 4.75 Å². The van der Waals surface area contributed by atoms with Crippen LogP contribution in [0.5, 0.6) is 0 Å². The van der Waals surface area contributed by atoms with Crippen molar-refractivity contribution in [1.29, 1.82) is 0 Å². The third-order valence-corrected chi connectivity index (χ3v) is 4.68. The molecule has 0 amide bonds. The van der Waals surface area contributed by atoms with Gasteiger partial charge >= 0.3 is 0 Å². The lowest BCUT2D eigenvalue weighted by Gasteiger charge is -2.17. The highest BCUT2D eigenvalue weighted by atomic mass is 32.2. The molecule has 0 spiro atoms. The molecule has 0 radical (unpaired) electrons. The smallest absolute Gasteiger partial charge is 0.0591 e. The molecular weight excluding hydrogens is 254 g/mol. The van der Waals surface area contributed by atoms with Gasteiger partial charge in [0.1, 0.15) is 0 Å². The molecule has 0 fully saturated rings. The summed E-state index contributed by atoms with van der Waals surface area (Å²) in [4.78, 5) is 0. The number of oxime groups is 1. The summed E-state index contributed by atoms with van der Waals surface area (Å²) in [5.74, 6) is 1.16. The van der Waals surface area contributed by atoms with E-state index in [1.807, 2.05) is 11.8 Å². The van der Waals surface area contributed by atoms with Gasteiger partial charge in [-0.1, -0.05) is 64.7 Å². The number of hydrogen-bond donors (Lipinski definition) is 1. The third kappa shape index (κ3) is 14.0. The van der Waals surface area contributed by atoms with Crippen LogP contribution in [0.1, 0.15) is 85.0 Å². The van der Waals surface area contributed by atoms with E-state index in [2.05, 4.69) is 25.9 Å². The Kier molecular flexibility index (Phi) is 12.7. The zero-order valence-electron chi connectivity index (χ0n) is 13.2. The van der Waals surface area contributed by atoms with Gasteiger partial charge in [-0.05, 0) is 26.0 Å². The summed E-state index contributed by atoms with van der Waals surface area (Å²) in [6.07, 6.45) is 15.5. The molecule has 0 aromatic heterocycles. The predicted molar refractivity (Wildman–Crippen MR) is 88.7 cm³/mol. The van der Waals surface area contributed by atoms with Gasteiger partial charge in [0.15, 0.2) is 0 Å². The van der Waals surface area contributed by atoms with E-state index in [1.54, 1.807) is 6.21 Å². The fourth-order valence-electron chi connectivity index (χ4n) is 2.10. The Morgan fingerprint density at radius 2 is 1.37 bits per heavy atom. The highest BCUT2D eigenvalue weighted by Gasteiger charge is 2.14. The molecule has 0 saturated carbocycles. The molecule has 0 heterocycles. The Balaban J connectivity index is 3.19. The Hall–Kier alpha value is -0.180. The Labute approximate surface area is 124 Å². The lowest BCUT2D eigenvalue weighted by atomic mass is 10.1. The van der Waals surface area contributed by atoms with Crippen LogP contribution in [0.2, 0.25) is 0 Å². The van der Waals surface area contributed by atoms with Crippen molar-refractivity contribution in [2.75, 3.05) is 5.75 Å². The highest BCUT2D eigenvalue weighted by molar-refractivity contribution is 8.01. The molecule has 0 aliphatic heterocycles. The van der Waals surface area contributed by atoms with Crippen LogP contribution < -0.4 is 0 Å². The van der Waals surface area contributed by atoms with Crippen molar-refractivity contribution in [2.45, 2.75) is 89.7 Å². The first kappa shape index (κ1) is 18.8. The van der Waals surface area contributed by atoms with Gasteiger partial charge in [0.05, 0.1) is 6.21 Å². The molecule has 0 atom stereocenters. The van der Waals surface area contributed by atoms with Crippen LogP contribution in [-0.4, -0.2) is 21.9 Å². The van der Waals surface area contributed by atoms with Gasteiger partial charge in [0.2, 0.25) is 0 Å². The lowest BCUT2D eigenvalue weighted by molar-refractivity contribution is 0.319. The molecule has 1 N–H and O–H groups in total. The van der Waals surface area contributed by atoms with Crippen molar-refractivity contribution in [3.63, 3.8) is 0 Å². The summed E-state index contributed by atoms with van der Waals surface area (Å²) in [6, 6.07) is 0.